The highest BCUT2D eigenvalue weighted by Crippen LogP contribution is 2.36. The molecule has 0 spiro atoms. The average molecular weight is 360 g/mol. The second-order valence-corrected chi connectivity index (χ2v) is 6.56. The lowest BCUT2D eigenvalue weighted by Crippen LogP contribution is -2.47. The Labute approximate surface area is 150 Å². The van der Waals surface area contributed by atoms with Crippen molar-refractivity contribution in [2.75, 3.05) is 0 Å². The first kappa shape index (κ1) is 17.5. The third kappa shape index (κ3) is 3.83. The minimum atomic E-state index is -0.999. The fourth-order valence-electron chi connectivity index (χ4n) is 2.92. The van der Waals surface area contributed by atoms with Gasteiger partial charge in [-0.1, -0.05) is 48.0 Å². The predicted octanol–water partition coefficient (Wildman–Crippen LogP) is 2.85. The van der Waals surface area contributed by atoms with E-state index in [9.17, 15) is 14.7 Å². The highest BCUT2D eigenvalue weighted by molar-refractivity contribution is 6.31. The van der Waals surface area contributed by atoms with E-state index in [0.717, 1.165) is 11.1 Å². The van der Waals surface area contributed by atoms with Crippen molar-refractivity contribution in [2.24, 2.45) is 0 Å². The molecule has 0 saturated carbocycles. The van der Waals surface area contributed by atoms with E-state index in [-0.39, 0.29) is 6.42 Å². The number of hydrogen-bond acceptors (Lipinski definition) is 4. The lowest BCUT2D eigenvalue weighted by molar-refractivity contribution is -0.141. The zero-order chi connectivity index (χ0) is 18.0. The van der Waals surface area contributed by atoms with Crippen LogP contribution < -0.4 is 10.1 Å². The number of carbonyl (C=O) groups excluding carboxylic acids is 1. The van der Waals surface area contributed by atoms with Gasteiger partial charge in [0.2, 0.25) is 0 Å². The molecule has 0 fully saturated rings. The summed E-state index contributed by atoms with van der Waals surface area (Å²) in [5.74, 6) is -1.17. The molecule has 25 heavy (non-hydrogen) atoms. The van der Waals surface area contributed by atoms with Gasteiger partial charge < -0.3 is 9.84 Å². The SMILES string of the molecule is Cc1ccc2c(c1)[C@H](N[C@@H](Cc1ccccc1)C(=O)O)[C@@H](Cl)C(=O)O2. The van der Waals surface area contributed by atoms with Gasteiger partial charge in [-0.15, -0.1) is 11.6 Å². The van der Waals surface area contributed by atoms with E-state index in [0.29, 0.717) is 11.3 Å². The normalized spacial score (nSPS) is 20.5. The number of benzene rings is 2. The van der Waals surface area contributed by atoms with Crippen molar-refractivity contribution in [1.82, 2.24) is 5.32 Å². The Morgan fingerprint density at radius 2 is 2.00 bits per heavy atom. The first-order chi connectivity index (χ1) is 12.0. The van der Waals surface area contributed by atoms with Gasteiger partial charge >= 0.3 is 11.9 Å². The topological polar surface area (TPSA) is 75.6 Å². The molecule has 0 radical (unpaired) electrons. The van der Waals surface area contributed by atoms with Crippen LogP contribution >= 0.6 is 11.6 Å². The van der Waals surface area contributed by atoms with Crippen molar-refractivity contribution < 1.29 is 19.4 Å². The van der Waals surface area contributed by atoms with Gasteiger partial charge in [-0.2, -0.15) is 0 Å². The van der Waals surface area contributed by atoms with Crippen LogP contribution in [0.1, 0.15) is 22.7 Å². The Morgan fingerprint density at radius 1 is 1.28 bits per heavy atom. The van der Waals surface area contributed by atoms with E-state index in [4.69, 9.17) is 16.3 Å². The zero-order valence-electron chi connectivity index (χ0n) is 13.6. The second kappa shape index (κ2) is 7.25. The average Bonchev–Trinajstić information content (AvgIpc) is 2.59. The van der Waals surface area contributed by atoms with Gasteiger partial charge in [0.25, 0.3) is 0 Å². The van der Waals surface area contributed by atoms with Gasteiger partial charge in [0.05, 0.1) is 6.04 Å². The molecule has 0 amide bonds. The number of carboxylic acids is 1. The number of carboxylic acid groups (broad SMARTS) is 1. The van der Waals surface area contributed by atoms with Crippen molar-refractivity contribution in [1.29, 1.82) is 0 Å². The molecule has 1 heterocycles. The highest BCUT2D eigenvalue weighted by atomic mass is 35.5. The summed E-state index contributed by atoms with van der Waals surface area (Å²) in [6, 6.07) is 13.2. The lowest BCUT2D eigenvalue weighted by atomic mass is 9.96. The number of aliphatic carboxylic acids is 1. The van der Waals surface area contributed by atoms with Crippen molar-refractivity contribution in [2.45, 2.75) is 30.8 Å². The van der Waals surface area contributed by atoms with Crippen LogP contribution in [0.25, 0.3) is 0 Å². The number of aryl methyl sites for hydroxylation is 1. The summed E-state index contributed by atoms with van der Waals surface area (Å²) in [5, 5.41) is 11.6. The molecule has 0 unspecified atom stereocenters. The van der Waals surface area contributed by atoms with Gasteiger partial charge in [-0.05, 0) is 25.0 Å². The Hall–Kier alpha value is -2.37. The van der Waals surface area contributed by atoms with Crippen LogP contribution in [0.2, 0.25) is 0 Å². The number of alkyl halides is 1. The van der Waals surface area contributed by atoms with Crippen molar-refractivity contribution in [3.05, 3.63) is 65.2 Å². The predicted molar refractivity (Wildman–Crippen MR) is 93.9 cm³/mol. The van der Waals surface area contributed by atoms with Crippen LogP contribution in [0.4, 0.5) is 0 Å². The van der Waals surface area contributed by atoms with Crippen molar-refractivity contribution in [3.63, 3.8) is 0 Å². The van der Waals surface area contributed by atoms with Gasteiger partial charge in [0.1, 0.15) is 11.8 Å². The van der Waals surface area contributed by atoms with E-state index >= 15 is 0 Å². The molecular formula is C19H18ClNO4. The molecule has 3 rings (SSSR count). The first-order valence-electron chi connectivity index (χ1n) is 7.95. The molecule has 6 heteroatoms. The number of ether oxygens (including phenoxy) is 1. The fourth-order valence-corrected chi connectivity index (χ4v) is 3.17. The summed E-state index contributed by atoms with van der Waals surface area (Å²) in [4.78, 5) is 23.7. The maximum Gasteiger partial charge on any atom is 0.331 e. The van der Waals surface area contributed by atoms with Crippen molar-refractivity contribution >= 4 is 23.5 Å². The Balaban J connectivity index is 1.89. The number of esters is 1. The van der Waals surface area contributed by atoms with E-state index in [1.165, 1.54) is 0 Å². The van der Waals surface area contributed by atoms with Crippen LogP contribution in [-0.4, -0.2) is 28.5 Å². The van der Waals surface area contributed by atoms with Crippen LogP contribution in [0.15, 0.2) is 48.5 Å². The minimum absolute atomic E-state index is 0.284. The molecule has 130 valence electrons. The van der Waals surface area contributed by atoms with Crippen molar-refractivity contribution in [3.8, 4) is 5.75 Å². The molecule has 2 aromatic carbocycles. The maximum absolute atomic E-state index is 12.0. The molecule has 0 aliphatic carbocycles. The number of halogens is 1. The minimum Gasteiger partial charge on any atom is -0.480 e. The number of nitrogens with one attached hydrogen (secondary N) is 1. The molecule has 1 aliphatic heterocycles. The number of rotatable bonds is 5. The quantitative estimate of drug-likeness (QED) is 0.488. The van der Waals surface area contributed by atoms with Crippen LogP contribution in [-0.2, 0) is 16.0 Å². The summed E-state index contributed by atoms with van der Waals surface area (Å²) in [7, 11) is 0. The molecule has 3 atom stereocenters. The summed E-state index contributed by atoms with van der Waals surface area (Å²) in [5.41, 5.74) is 2.55. The van der Waals surface area contributed by atoms with E-state index < -0.39 is 29.4 Å². The third-order valence-corrected chi connectivity index (χ3v) is 4.62. The summed E-state index contributed by atoms with van der Waals surface area (Å²) < 4.78 is 5.23. The number of fused-ring (bicyclic) bond motifs is 1. The molecule has 5 nitrogen and oxygen atoms in total. The summed E-state index contributed by atoms with van der Waals surface area (Å²) in [6.07, 6.45) is 0.284. The van der Waals surface area contributed by atoms with Crippen LogP contribution in [0.3, 0.4) is 0 Å². The summed E-state index contributed by atoms with van der Waals surface area (Å²) >= 11 is 6.23. The molecule has 2 aromatic rings. The maximum atomic E-state index is 12.0. The molecule has 0 saturated heterocycles. The highest BCUT2D eigenvalue weighted by Gasteiger charge is 2.38. The van der Waals surface area contributed by atoms with Crippen LogP contribution in [0, 0.1) is 6.92 Å². The van der Waals surface area contributed by atoms with E-state index in [2.05, 4.69) is 5.32 Å². The van der Waals surface area contributed by atoms with Crippen LogP contribution in [0.5, 0.6) is 5.75 Å². The Morgan fingerprint density at radius 3 is 2.68 bits per heavy atom. The second-order valence-electron chi connectivity index (χ2n) is 6.09. The Kier molecular flexibility index (Phi) is 5.06. The molecule has 2 N–H and O–H groups in total. The monoisotopic (exact) mass is 359 g/mol. The number of hydrogen-bond donors (Lipinski definition) is 2. The molecular weight excluding hydrogens is 342 g/mol. The third-order valence-electron chi connectivity index (χ3n) is 4.19. The van der Waals surface area contributed by atoms with Gasteiger partial charge in [0.15, 0.2) is 5.38 Å². The largest absolute Gasteiger partial charge is 0.480 e. The van der Waals surface area contributed by atoms with E-state index in [1.54, 1.807) is 6.07 Å². The first-order valence-corrected chi connectivity index (χ1v) is 8.38. The smallest absolute Gasteiger partial charge is 0.331 e. The number of carbonyl (C=O) groups is 2. The summed E-state index contributed by atoms with van der Waals surface area (Å²) in [6.45, 7) is 1.91. The standard InChI is InChI=1S/C19H18ClNO4/c1-11-7-8-15-13(9-11)17(16(20)19(24)25-15)21-14(18(22)23)10-12-5-3-2-4-6-12/h2-9,14,16-17,21H,10H2,1H3,(H,22,23)/t14-,16+,17-/m0/s1. The Bertz CT molecular complexity index is 793. The van der Waals surface area contributed by atoms with Gasteiger partial charge in [0, 0.05) is 5.56 Å². The fraction of sp³-hybridized carbons (Fsp3) is 0.263. The molecule has 0 aromatic heterocycles. The van der Waals surface area contributed by atoms with Gasteiger partial charge in [-0.25, -0.2) is 4.79 Å². The molecule has 0 bridgehead atoms. The lowest BCUT2D eigenvalue weighted by Gasteiger charge is -2.31. The van der Waals surface area contributed by atoms with Gasteiger partial charge in [-0.3, -0.25) is 10.1 Å². The zero-order valence-corrected chi connectivity index (χ0v) is 14.4. The van der Waals surface area contributed by atoms with E-state index in [1.807, 2.05) is 49.4 Å². The molecule has 1 aliphatic rings.